The molecule has 4 aliphatic rings. The zero-order chi connectivity index (χ0) is 38.8. The highest BCUT2D eigenvalue weighted by Gasteiger charge is 2.62. The van der Waals surface area contributed by atoms with Crippen molar-refractivity contribution in [3.05, 3.63) is 65.4 Å². The Bertz CT molecular complexity index is 2030. The van der Waals surface area contributed by atoms with Crippen LogP contribution in [0, 0.1) is 18.7 Å². The van der Waals surface area contributed by atoms with E-state index in [0.717, 1.165) is 6.42 Å². The number of amides is 4. The molecule has 0 bridgehead atoms. The molecular formula is C38H46F2N6O7S. The van der Waals surface area contributed by atoms with Gasteiger partial charge in [0.1, 0.15) is 41.1 Å². The van der Waals surface area contributed by atoms with Gasteiger partial charge in [-0.05, 0) is 70.9 Å². The second-order valence-corrected chi connectivity index (χ2v) is 16.4. The summed E-state index contributed by atoms with van der Waals surface area (Å²) < 4.78 is 62.9. The van der Waals surface area contributed by atoms with Gasteiger partial charge < -0.3 is 20.3 Å². The van der Waals surface area contributed by atoms with E-state index in [9.17, 15) is 36.4 Å². The van der Waals surface area contributed by atoms with Gasteiger partial charge in [0.05, 0.1) is 28.4 Å². The van der Waals surface area contributed by atoms with Gasteiger partial charge in [-0.3, -0.25) is 23.9 Å². The van der Waals surface area contributed by atoms with E-state index in [1.807, 2.05) is 12.2 Å². The van der Waals surface area contributed by atoms with E-state index in [2.05, 4.69) is 25.3 Å². The Kier molecular flexibility index (Phi) is 11.5. The van der Waals surface area contributed by atoms with Crippen LogP contribution in [0.3, 0.4) is 0 Å². The number of nitrogens with one attached hydrogen (secondary N) is 3. The van der Waals surface area contributed by atoms with Crippen LogP contribution in [0.25, 0.3) is 11.0 Å². The lowest BCUT2D eigenvalue weighted by Crippen LogP contribution is -2.58. The molecule has 3 N–H and O–H groups in total. The fourth-order valence-corrected chi connectivity index (χ4v) is 8.46. The number of rotatable bonds is 9. The second-order valence-electron chi connectivity index (χ2n) is 14.4. The largest absolute Gasteiger partial charge is 0.471 e. The molecule has 1 saturated heterocycles. The zero-order valence-electron chi connectivity index (χ0n) is 30.6. The molecule has 6 rings (SSSR count). The van der Waals surface area contributed by atoms with Crippen molar-refractivity contribution in [2.45, 2.75) is 114 Å². The number of carbonyl (C=O) groups is 4. The molecule has 3 fully saturated rings. The molecule has 2 aliphatic heterocycles. The average molecular weight is 769 g/mol. The van der Waals surface area contributed by atoms with E-state index in [1.165, 1.54) is 35.3 Å². The molecule has 0 radical (unpaired) electrons. The third-order valence-corrected chi connectivity index (χ3v) is 12.2. The third-order valence-electron chi connectivity index (χ3n) is 10.4. The fourth-order valence-electron chi connectivity index (χ4n) is 7.10. The molecule has 1 aromatic heterocycles. The Hall–Kier alpha value is -4.73. The monoisotopic (exact) mass is 768 g/mol. The Balaban J connectivity index is 1.33. The number of aryl methyl sites for hydroxylation is 1. The summed E-state index contributed by atoms with van der Waals surface area (Å²) in [6, 6.07) is 1.61. The number of aromatic nitrogens is 2. The Labute approximate surface area is 313 Å². The van der Waals surface area contributed by atoms with Crippen LogP contribution in [0.5, 0.6) is 5.88 Å². The van der Waals surface area contributed by atoms with Crippen LogP contribution in [-0.2, 0) is 29.2 Å². The maximum atomic E-state index is 14.8. The summed E-state index contributed by atoms with van der Waals surface area (Å²) in [5.41, 5.74) is -0.695. The lowest BCUT2D eigenvalue weighted by atomic mass is 10.0. The number of hydrogen-bond donors (Lipinski definition) is 3. The van der Waals surface area contributed by atoms with Crippen molar-refractivity contribution in [1.29, 1.82) is 0 Å². The van der Waals surface area contributed by atoms with Crippen molar-refractivity contribution in [1.82, 2.24) is 30.2 Å². The van der Waals surface area contributed by atoms with Crippen molar-refractivity contribution in [3.63, 3.8) is 0 Å². The van der Waals surface area contributed by atoms with Crippen LogP contribution in [-0.4, -0.2) is 82.4 Å². The van der Waals surface area contributed by atoms with E-state index in [0.29, 0.717) is 43.3 Å². The smallest absolute Gasteiger partial charge is 0.259 e. The van der Waals surface area contributed by atoms with Crippen LogP contribution in [0.2, 0.25) is 0 Å². The van der Waals surface area contributed by atoms with Gasteiger partial charge in [0, 0.05) is 18.4 Å². The molecule has 3 heterocycles. The molecule has 4 amide bonds. The Morgan fingerprint density at radius 2 is 1.91 bits per heavy atom. The summed E-state index contributed by atoms with van der Waals surface area (Å²) in [6.45, 7) is 4.74. The maximum Gasteiger partial charge on any atom is 0.259 e. The topological polar surface area (TPSA) is 177 Å². The van der Waals surface area contributed by atoms with Gasteiger partial charge in [-0.25, -0.2) is 27.2 Å². The quantitative estimate of drug-likeness (QED) is 0.193. The number of ether oxygens (including phenoxy) is 1. The van der Waals surface area contributed by atoms with Gasteiger partial charge in [0.25, 0.3) is 11.8 Å². The summed E-state index contributed by atoms with van der Waals surface area (Å²) in [4.78, 5) is 66.2. The van der Waals surface area contributed by atoms with E-state index in [4.69, 9.17) is 4.74 Å². The highest BCUT2D eigenvalue weighted by molar-refractivity contribution is 7.91. The zero-order valence-corrected chi connectivity index (χ0v) is 31.4. The lowest BCUT2D eigenvalue weighted by Gasteiger charge is -2.30. The number of allylic oxidation sites excluding steroid dienone is 3. The Morgan fingerprint density at radius 1 is 1.13 bits per heavy atom. The van der Waals surface area contributed by atoms with Gasteiger partial charge in [-0.15, -0.1) is 0 Å². The summed E-state index contributed by atoms with van der Waals surface area (Å²) in [7, 11) is -3.93. The molecule has 0 spiro atoms. The molecule has 54 heavy (non-hydrogen) atoms. The molecule has 290 valence electrons. The molecule has 2 saturated carbocycles. The minimum Gasteiger partial charge on any atom is -0.471 e. The van der Waals surface area contributed by atoms with E-state index in [1.54, 1.807) is 20.8 Å². The molecule has 5 unspecified atom stereocenters. The number of halogens is 2. The van der Waals surface area contributed by atoms with Crippen LogP contribution in [0.4, 0.5) is 8.78 Å². The number of sulfonamides is 1. The number of fused-ring (bicyclic) bond motifs is 3. The summed E-state index contributed by atoms with van der Waals surface area (Å²) in [5.74, 6) is -4.50. The van der Waals surface area contributed by atoms with Crippen LogP contribution >= 0.6 is 0 Å². The first-order valence-corrected chi connectivity index (χ1v) is 20.1. The minimum absolute atomic E-state index is 0.0331. The van der Waals surface area contributed by atoms with E-state index < -0.39 is 80.2 Å². The third kappa shape index (κ3) is 8.48. The van der Waals surface area contributed by atoms with Crippen molar-refractivity contribution < 1.29 is 41.1 Å². The number of nitrogens with zero attached hydrogens (tertiary/aromatic N) is 3. The van der Waals surface area contributed by atoms with Gasteiger partial charge >= 0.3 is 0 Å². The normalized spacial score (nSPS) is 26.9. The van der Waals surface area contributed by atoms with Crippen LogP contribution < -0.4 is 20.1 Å². The van der Waals surface area contributed by atoms with Crippen molar-refractivity contribution >= 4 is 44.7 Å². The van der Waals surface area contributed by atoms with Crippen LogP contribution in [0.15, 0.2) is 53.9 Å². The van der Waals surface area contributed by atoms with Crippen molar-refractivity contribution in [3.8, 4) is 5.88 Å². The maximum absolute atomic E-state index is 14.8. The van der Waals surface area contributed by atoms with Gasteiger partial charge in [0.15, 0.2) is 0 Å². The van der Waals surface area contributed by atoms with E-state index >= 15 is 0 Å². The first kappa shape index (κ1) is 39.0. The van der Waals surface area contributed by atoms with Gasteiger partial charge in [-0.2, -0.15) is 0 Å². The molecule has 13 nitrogen and oxygen atoms in total. The SMILES string of the molecule is CC=CC(C(=O)NC1CCCCCC=CC2CC2(C(=O)NS(=O)(=O)C2CC2)NC(=O)C2CC(Oc3nc4cc(F)ccc4nc3C)CN2C1=O)=C(F)CC. The summed E-state index contributed by atoms with van der Waals surface area (Å²) in [5, 5.41) is 4.87. The minimum atomic E-state index is -3.93. The first-order chi connectivity index (χ1) is 25.8. The van der Waals surface area contributed by atoms with Crippen molar-refractivity contribution in [2.75, 3.05) is 6.54 Å². The fraction of sp³-hybridized carbons (Fsp3) is 0.526. The van der Waals surface area contributed by atoms with Crippen LogP contribution in [0.1, 0.15) is 83.7 Å². The second kappa shape index (κ2) is 15.9. The predicted octanol–water partition coefficient (Wildman–Crippen LogP) is 4.12. The molecular weight excluding hydrogens is 723 g/mol. The molecule has 1 aromatic carbocycles. The molecule has 16 heteroatoms. The summed E-state index contributed by atoms with van der Waals surface area (Å²) >= 11 is 0. The lowest BCUT2D eigenvalue weighted by molar-refractivity contribution is -0.142. The Morgan fingerprint density at radius 3 is 2.63 bits per heavy atom. The predicted molar refractivity (Wildman–Crippen MR) is 195 cm³/mol. The highest BCUT2D eigenvalue weighted by Crippen LogP contribution is 2.46. The summed E-state index contributed by atoms with van der Waals surface area (Å²) in [6.07, 6.45) is 9.49. The number of carbonyl (C=O) groups excluding carboxylic acids is 4. The van der Waals surface area contributed by atoms with Crippen molar-refractivity contribution in [2.24, 2.45) is 5.92 Å². The average Bonchev–Trinajstić information content (AvgIpc) is 4.06. The molecule has 5 atom stereocenters. The number of benzene rings is 1. The number of hydrogen-bond acceptors (Lipinski definition) is 9. The standard InChI is InChI=1S/C38H46F2N6O7S/c1-4-11-27(28(40)5-2)33(47)42-30-13-10-8-6-7-9-12-23-20-38(23,37(50)45-54(51,52)26-15-16-26)44-34(48)32-19-25(21-46(32)36(30)49)53-35-22(3)41-29-17-14-24(39)18-31(29)43-35/h4,9,11-12,14,17-18,23,25-26,30,32H,5-8,10,13,15-16,19-21H2,1-3H3,(H,42,47)(H,44,48)(H,45,50). The molecule has 2 aromatic rings. The first-order valence-electron chi connectivity index (χ1n) is 18.5. The van der Waals surface area contributed by atoms with Gasteiger partial charge in [-0.1, -0.05) is 44.1 Å². The van der Waals surface area contributed by atoms with Gasteiger partial charge in [0.2, 0.25) is 27.7 Å². The molecule has 2 aliphatic carbocycles. The van der Waals surface area contributed by atoms with E-state index in [-0.39, 0.29) is 49.2 Å². The highest BCUT2D eigenvalue weighted by atomic mass is 32.2.